The van der Waals surface area contributed by atoms with Crippen LogP contribution in [0.25, 0.3) is 0 Å². The van der Waals surface area contributed by atoms with Crippen molar-refractivity contribution in [1.29, 1.82) is 0 Å². The molecule has 0 aliphatic heterocycles. The fourth-order valence-corrected chi connectivity index (χ4v) is 1.57. The van der Waals surface area contributed by atoms with Gasteiger partial charge in [-0.1, -0.05) is 5.16 Å². The maximum absolute atomic E-state index is 12.0. The summed E-state index contributed by atoms with van der Waals surface area (Å²) in [6.07, 6.45) is 0. The SMILES string of the molecule is Cc1ccc(=O)n([C@H](C)C(=O)Nc2cc(C)on2)n1. The summed E-state index contributed by atoms with van der Waals surface area (Å²) >= 11 is 0. The van der Waals surface area contributed by atoms with E-state index in [-0.39, 0.29) is 11.5 Å². The Balaban J connectivity index is 2.19. The molecule has 100 valence electrons. The fraction of sp³-hybridized carbons (Fsp3) is 0.333. The molecule has 2 aromatic heterocycles. The normalized spacial score (nSPS) is 12.2. The number of aryl methyl sites for hydroxylation is 2. The molecule has 0 saturated carbocycles. The lowest BCUT2D eigenvalue weighted by Gasteiger charge is -2.12. The molecule has 1 amide bonds. The van der Waals surface area contributed by atoms with Crippen LogP contribution in [0, 0.1) is 13.8 Å². The van der Waals surface area contributed by atoms with Crippen LogP contribution in [0.3, 0.4) is 0 Å². The van der Waals surface area contributed by atoms with Crippen LogP contribution in [-0.4, -0.2) is 20.8 Å². The molecule has 0 radical (unpaired) electrons. The maximum Gasteiger partial charge on any atom is 0.267 e. The van der Waals surface area contributed by atoms with Gasteiger partial charge in [-0.2, -0.15) is 5.10 Å². The largest absolute Gasteiger partial charge is 0.360 e. The molecule has 19 heavy (non-hydrogen) atoms. The van der Waals surface area contributed by atoms with Crippen LogP contribution in [0.2, 0.25) is 0 Å². The summed E-state index contributed by atoms with van der Waals surface area (Å²) in [5.41, 5.74) is 0.334. The molecule has 7 heteroatoms. The highest BCUT2D eigenvalue weighted by molar-refractivity contribution is 5.92. The lowest BCUT2D eigenvalue weighted by molar-refractivity contribution is -0.119. The summed E-state index contributed by atoms with van der Waals surface area (Å²) in [6, 6.07) is 3.85. The third-order valence-corrected chi connectivity index (χ3v) is 2.58. The number of carbonyl (C=O) groups is 1. The molecule has 0 aliphatic rings. The van der Waals surface area contributed by atoms with Crippen LogP contribution >= 0.6 is 0 Å². The van der Waals surface area contributed by atoms with E-state index in [1.54, 1.807) is 32.9 Å². The first-order valence-electron chi connectivity index (χ1n) is 5.78. The van der Waals surface area contributed by atoms with Crippen molar-refractivity contribution in [3.63, 3.8) is 0 Å². The molecule has 2 rings (SSSR count). The van der Waals surface area contributed by atoms with Crippen LogP contribution in [0.4, 0.5) is 5.82 Å². The number of amides is 1. The number of nitrogens with zero attached hydrogens (tertiary/aromatic N) is 3. The minimum absolute atomic E-state index is 0.315. The molecule has 7 nitrogen and oxygen atoms in total. The second kappa shape index (κ2) is 5.05. The van der Waals surface area contributed by atoms with E-state index in [1.165, 1.54) is 6.07 Å². The number of anilines is 1. The monoisotopic (exact) mass is 262 g/mol. The zero-order valence-electron chi connectivity index (χ0n) is 10.9. The minimum Gasteiger partial charge on any atom is -0.360 e. The Morgan fingerprint density at radius 1 is 1.42 bits per heavy atom. The zero-order chi connectivity index (χ0) is 14.0. The molecular weight excluding hydrogens is 248 g/mol. The number of rotatable bonds is 3. The second-order valence-electron chi connectivity index (χ2n) is 4.25. The third-order valence-electron chi connectivity index (χ3n) is 2.58. The van der Waals surface area contributed by atoms with Gasteiger partial charge in [0.15, 0.2) is 5.82 Å². The van der Waals surface area contributed by atoms with Crippen molar-refractivity contribution in [2.75, 3.05) is 5.32 Å². The fourth-order valence-electron chi connectivity index (χ4n) is 1.57. The number of aromatic nitrogens is 3. The van der Waals surface area contributed by atoms with Gasteiger partial charge in [-0.3, -0.25) is 9.59 Å². The molecule has 0 unspecified atom stereocenters. The van der Waals surface area contributed by atoms with Gasteiger partial charge in [0, 0.05) is 12.1 Å². The second-order valence-corrected chi connectivity index (χ2v) is 4.25. The summed E-state index contributed by atoms with van der Waals surface area (Å²) in [5, 5.41) is 10.3. The van der Waals surface area contributed by atoms with E-state index in [9.17, 15) is 9.59 Å². The molecule has 1 N–H and O–H groups in total. The predicted octanol–water partition coefficient (Wildman–Crippen LogP) is 1.05. The summed E-state index contributed by atoms with van der Waals surface area (Å²) in [4.78, 5) is 23.7. The van der Waals surface area contributed by atoms with Crippen LogP contribution in [0.5, 0.6) is 0 Å². The third kappa shape index (κ3) is 2.87. The Hall–Kier alpha value is -2.44. The quantitative estimate of drug-likeness (QED) is 0.892. The van der Waals surface area contributed by atoms with E-state index in [0.29, 0.717) is 17.3 Å². The first kappa shape index (κ1) is 13.0. The molecule has 1 atom stereocenters. The molecule has 2 heterocycles. The van der Waals surface area contributed by atoms with E-state index < -0.39 is 6.04 Å². The molecular formula is C12H14N4O3. The van der Waals surface area contributed by atoms with Gasteiger partial charge in [-0.15, -0.1) is 0 Å². The van der Waals surface area contributed by atoms with Crippen molar-refractivity contribution in [1.82, 2.24) is 14.9 Å². The molecule has 0 aromatic carbocycles. The Morgan fingerprint density at radius 2 is 2.16 bits per heavy atom. The van der Waals surface area contributed by atoms with Crippen molar-refractivity contribution < 1.29 is 9.32 Å². The van der Waals surface area contributed by atoms with Crippen molar-refractivity contribution in [2.24, 2.45) is 0 Å². The Morgan fingerprint density at radius 3 is 2.79 bits per heavy atom. The van der Waals surface area contributed by atoms with E-state index in [0.717, 1.165) is 4.68 Å². The zero-order valence-corrected chi connectivity index (χ0v) is 10.9. The summed E-state index contributed by atoms with van der Waals surface area (Å²) < 4.78 is 5.98. The van der Waals surface area contributed by atoms with E-state index in [1.807, 2.05) is 0 Å². The Bertz CT molecular complexity index is 659. The molecule has 0 saturated heterocycles. The van der Waals surface area contributed by atoms with Gasteiger partial charge in [0.1, 0.15) is 11.8 Å². The first-order chi connectivity index (χ1) is 8.97. The maximum atomic E-state index is 12.0. The standard InChI is InChI=1S/C12H14N4O3/c1-7-4-5-11(17)16(14-7)9(3)12(18)13-10-6-8(2)19-15-10/h4-6,9H,1-3H3,(H,13,15,18)/t9-/m1/s1. The van der Waals surface area contributed by atoms with Crippen molar-refractivity contribution >= 4 is 11.7 Å². The van der Waals surface area contributed by atoms with E-state index in [2.05, 4.69) is 15.6 Å². The average Bonchev–Trinajstić information content (AvgIpc) is 2.77. The lowest BCUT2D eigenvalue weighted by Crippen LogP contribution is -2.33. The van der Waals surface area contributed by atoms with Crippen molar-refractivity contribution in [3.05, 3.63) is 40.0 Å². The topological polar surface area (TPSA) is 90.0 Å². The summed E-state index contributed by atoms with van der Waals surface area (Å²) in [5.74, 6) is 0.525. The minimum atomic E-state index is -0.732. The predicted molar refractivity (Wildman–Crippen MR) is 67.8 cm³/mol. The average molecular weight is 262 g/mol. The Labute approximate surface area is 109 Å². The van der Waals surface area contributed by atoms with Gasteiger partial charge in [-0.05, 0) is 26.8 Å². The summed E-state index contributed by atoms with van der Waals surface area (Å²) in [7, 11) is 0. The van der Waals surface area contributed by atoms with E-state index in [4.69, 9.17) is 4.52 Å². The summed E-state index contributed by atoms with van der Waals surface area (Å²) in [6.45, 7) is 5.07. The van der Waals surface area contributed by atoms with Crippen LogP contribution in [0.15, 0.2) is 27.5 Å². The number of hydrogen-bond acceptors (Lipinski definition) is 5. The Kier molecular flexibility index (Phi) is 3.46. The molecule has 0 bridgehead atoms. The molecule has 0 fully saturated rings. The van der Waals surface area contributed by atoms with Crippen LogP contribution < -0.4 is 10.9 Å². The molecule has 2 aromatic rings. The number of hydrogen-bond donors (Lipinski definition) is 1. The lowest BCUT2D eigenvalue weighted by atomic mass is 10.3. The van der Waals surface area contributed by atoms with Crippen LogP contribution in [-0.2, 0) is 4.79 Å². The van der Waals surface area contributed by atoms with Crippen LogP contribution in [0.1, 0.15) is 24.4 Å². The van der Waals surface area contributed by atoms with Crippen molar-refractivity contribution in [2.45, 2.75) is 26.8 Å². The van der Waals surface area contributed by atoms with Gasteiger partial charge < -0.3 is 9.84 Å². The number of nitrogens with one attached hydrogen (secondary N) is 1. The molecule has 0 spiro atoms. The highest BCUT2D eigenvalue weighted by Crippen LogP contribution is 2.10. The van der Waals surface area contributed by atoms with Gasteiger partial charge in [0.2, 0.25) is 5.91 Å². The molecule has 0 aliphatic carbocycles. The highest BCUT2D eigenvalue weighted by atomic mass is 16.5. The van der Waals surface area contributed by atoms with Crippen molar-refractivity contribution in [3.8, 4) is 0 Å². The van der Waals surface area contributed by atoms with Gasteiger partial charge in [-0.25, -0.2) is 4.68 Å². The number of carbonyl (C=O) groups excluding carboxylic acids is 1. The first-order valence-corrected chi connectivity index (χ1v) is 5.78. The van der Waals surface area contributed by atoms with E-state index >= 15 is 0 Å². The van der Waals surface area contributed by atoms with Gasteiger partial charge in [0.05, 0.1) is 5.69 Å². The highest BCUT2D eigenvalue weighted by Gasteiger charge is 2.18. The smallest absolute Gasteiger partial charge is 0.267 e. The van der Waals surface area contributed by atoms with Gasteiger partial charge in [0.25, 0.3) is 5.56 Å². The van der Waals surface area contributed by atoms with Gasteiger partial charge >= 0.3 is 0 Å².